The third kappa shape index (κ3) is 3.73. The van der Waals surface area contributed by atoms with E-state index in [0.717, 1.165) is 50.2 Å². The lowest BCUT2D eigenvalue weighted by Gasteiger charge is -2.33. The number of aryl methyl sites for hydroxylation is 1. The summed E-state index contributed by atoms with van der Waals surface area (Å²) >= 11 is 0. The molecule has 5 nitrogen and oxygen atoms in total. The second-order valence-corrected chi connectivity index (χ2v) is 6.52. The number of carbonyl (C=O) groups excluding carboxylic acids is 1. The van der Waals surface area contributed by atoms with Gasteiger partial charge in [0, 0.05) is 17.9 Å². The van der Waals surface area contributed by atoms with E-state index in [4.69, 9.17) is 4.52 Å². The van der Waals surface area contributed by atoms with Gasteiger partial charge in [0.25, 0.3) is 0 Å². The highest BCUT2D eigenvalue weighted by atomic mass is 16.5. The minimum Gasteiger partial charge on any atom is -0.338 e. The number of hydrogen-bond acceptors (Lipinski definition) is 5. The molecule has 1 aromatic carbocycles. The standard InChI is InChI=1S/C19H25N3O2/c1-3-7-17-20-19(24-21-17)14(2)22-12-10-16(11-13-22)18(23)15-8-5-4-6-9-15/h4-6,8-9,14,16H,3,7,10-13H2,1-2H3/t14-/m0/s1. The van der Waals surface area contributed by atoms with Gasteiger partial charge in [0.15, 0.2) is 11.6 Å². The lowest BCUT2D eigenvalue weighted by molar-refractivity contribution is 0.0774. The first-order chi connectivity index (χ1) is 11.7. The van der Waals surface area contributed by atoms with Gasteiger partial charge in [-0.25, -0.2) is 0 Å². The van der Waals surface area contributed by atoms with Crippen LogP contribution in [0.3, 0.4) is 0 Å². The number of Topliss-reactive ketones (excluding diaryl/α,β-unsaturated/α-hetero) is 1. The fourth-order valence-electron chi connectivity index (χ4n) is 3.31. The summed E-state index contributed by atoms with van der Waals surface area (Å²) in [7, 11) is 0. The molecule has 2 aromatic rings. The SMILES string of the molecule is CCCc1noc([C@H](C)N2CCC(C(=O)c3ccccc3)CC2)n1. The predicted molar refractivity (Wildman–Crippen MR) is 91.8 cm³/mol. The summed E-state index contributed by atoms with van der Waals surface area (Å²) < 4.78 is 5.41. The van der Waals surface area contributed by atoms with E-state index in [1.54, 1.807) is 0 Å². The Kier molecular flexibility index (Phi) is 5.41. The first-order valence-corrected chi connectivity index (χ1v) is 8.84. The summed E-state index contributed by atoms with van der Waals surface area (Å²) in [5, 5.41) is 4.04. The van der Waals surface area contributed by atoms with Crippen molar-refractivity contribution in [1.29, 1.82) is 0 Å². The van der Waals surface area contributed by atoms with Gasteiger partial charge in [-0.1, -0.05) is 42.4 Å². The van der Waals surface area contributed by atoms with Crippen molar-refractivity contribution >= 4 is 5.78 Å². The number of ketones is 1. The van der Waals surface area contributed by atoms with Crippen molar-refractivity contribution in [2.45, 2.75) is 45.6 Å². The van der Waals surface area contributed by atoms with Crippen LogP contribution in [0.1, 0.15) is 61.2 Å². The molecule has 0 bridgehead atoms. The maximum atomic E-state index is 12.6. The highest BCUT2D eigenvalue weighted by Gasteiger charge is 2.30. The summed E-state index contributed by atoms with van der Waals surface area (Å²) in [6.45, 7) is 5.97. The highest BCUT2D eigenvalue weighted by molar-refractivity contribution is 5.97. The van der Waals surface area contributed by atoms with Crippen LogP contribution in [0.15, 0.2) is 34.9 Å². The normalized spacial score (nSPS) is 17.8. The Morgan fingerprint density at radius 1 is 1.29 bits per heavy atom. The summed E-state index contributed by atoms with van der Waals surface area (Å²) in [6, 6.07) is 9.71. The molecule has 0 unspecified atom stereocenters. The van der Waals surface area contributed by atoms with Crippen LogP contribution >= 0.6 is 0 Å². The molecule has 1 fully saturated rings. The van der Waals surface area contributed by atoms with Crippen molar-refractivity contribution in [2.75, 3.05) is 13.1 Å². The molecule has 5 heteroatoms. The summed E-state index contributed by atoms with van der Waals surface area (Å²) in [6.07, 6.45) is 3.63. The predicted octanol–water partition coefficient (Wildman–Crippen LogP) is 3.68. The third-order valence-corrected chi connectivity index (χ3v) is 4.82. The highest BCUT2D eigenvalue weighted by Crippen LogP contribution is 2.27. The molecule has 128 valence electrons. The monoisotopic (exact) mass is 327 g/mol. The van der Waals surface area contributed by atoms with E-state index in [-0.39, 0.29) is 17.7 Å². The van der Waals surface area contributed by atoms with Crippen LogP contribution in [0.4, 0.5) is 0 Å². The van der Waals surface area contributed by atoms with Crippen LogP contribution in [0.5, 0.6) is 0 Å². The fourth-order valence-corrected chi connectivity index (χ4v) is 3.31. The third-order valence-electron chi connectivity index (χ3n) is 4.82. The molecule has 0 spiro atoms. The Morgan fingerprint density at radius 3 is 2.67 bits per heavy atom. The van der Waals surface area contributed by atoms with Crippen LogP contribution in [0.25, 0.3) is 0 Å². The topological polar surface area (TPSA) is 59.2 Å². The lowest BCUT2D eigenvalue weighted by atomic mass is 9.88. The van der Waals surface area contributed by atoms with Gasteiger partial charge in [-0.05, 0) is 39.3 Å². The average Bonchev–Trinajstić information content (AvgIpc) is 3.10. The Balaban J connectivity index is 1.57. The van der Waals surface area contributed by atoms with E-state index in [2.05, 4.69) is 28.9 Å². The smallest absolute Gasteiger partial charge is 0.243 e. The number of aromatic nitrogens is 2. The lowest BCUT2D eigenvalue weighted by Crippen LogP contribution is -2.38. The van der Waals surface area contributed by atoms with Crippen LogP contribution in [0, 0.1) is 5.92 Å². The molecule has 0 aliphatic carbocycles. The number of piperidine rings is 1. The summed E-state index contributed by atoms with van der Waals surface area (Å²) in [5.41, 5.74) is 0.824. The van der Waals surface area contributed by atoms with Gasteiger partial charge >= 0.3 is 0 Å². The Hall–Kier alpha value is -2.01. The van der Waals surface area contributed by atoms with Gasteiger partial charge in [0.05, 0.1) is 6.04 Å². The molecular weight excluding hydrogens is 302 g/mol. The van der Waals surface area contributed by atoms with Gasteiger partial charge in [0.1, 0.15) is 0 Å². The molecule has 3 rings (SSSR count). The fraction of sp³-hybridized carbons (Fsp3) is 0.526. The van der Waals surface area contributed by atoms with Crippen molar-refractivity contribution < 1.29 is 9.32 Å². The summed E-state index contributed by atoms with van der Waals surface area (Å²) in [4.78, 5) is 19.4. The molecular formula is C19H25N3O2. The Morgan fingerprint density at radius 2 is 2.00 bits per heavy atom. The number of carbonyl (C=O) groups is 1. The number of rotatable bonds is 6. The van der Waals surface area contributed by atoms with Crippen molar-refractivity contribution in [3.8, 4) is 0 Å². The van der Waals surface area contributed by atoms with E-state index in [1.165, 1.54) is 0 Å². The molecule has 24 heavy (non-hydrogen) atoms. The largest absolute Gasteiger partial charge is 0.338 e. The molecule has 1 aromatic heterocycles. The minimum absolute atomic E-state index is 0.107. The minimum atomic E-state index is 0.107. The maximum Gasteiger partial charge on any atom is 0.243 e. The van der Waals surface area contributed by atoms with E-state index >= 15 is 0 Å². The number of nitrogens with zero attached hydrogens (tertiary/aromatic N) is 3. The van der Waals surface area contributed by atoms with E-state index < -0.39 is 0 Å². The first-order valence-electron chi connectivity index (χ1n) is 8.84. The summed E-state index contributed by atoms with van der Waals surface area (Å²) in [5.74, 6) is 1.86. The Labute approximate surface area is 143 Å². The molecule has 1 aliphatic rings. The zero-order valence-corrected chi connectivity index (χ0v) is 14.4. The van der Waals surface area contributed by atoms with Crippen LogP contribution in [0.2, 0.25) is 0 Å². The second kappa shape index (κ2) is 7.71. The quantitative estimate of drug-likeness (QED) is 0.758. The van der Waals surface area contributed by atoms with Crippen LogP contribution in [-0.2, 0) is 6.42 Å². The number of hydrogen-bond donors (Lipinski definition) is 0. The molecule has 1 aliphatic heterocycles. The zero-order valence-electron chi connectivity index (χ0n) is 14.4. The van der Waals surface area contributed by atoms with Crippen molar-refractivity contribution in [2.24, 2.45) is 5.92 Å². The van der Waals surface area contributed by atoms with Crippen molar-refractivity contribution in [3.63, 3.8) is 0 Å². The molecule has 0 amide bonds. The van der Waals surface area contributed by atoms with Crippen LogP contribution < -0.4 is 0 Å². The maximum absolute atomic E-state index is 12.6. The number of likely N-dealkylation sites (tertiary alicyclic amines) is 1. The molecule has 2 heterocycles. The number of benzene rings is 1. The first kappa shape index (κ1) is 16.8. The van der Waals surface area contributed by atoms with Crippen molar-refractivity contribution in [3.05, 3.63) is 47.6 Å². The van der Waals surface area contributed by atoms with Gasteiger partial charge in [-0.15, -0.1) is 0 Å². The Bertz CT molecular complexity index is 660. The van der Waals surface area contributed by atoms with Gasteiger partial charge < -0.3 is 4.52 Å². The molecule has 1 saturated heterocycles. The zero-order chi connectivity index (χ0) is 16.9. The average molecular weight is 327 g/mol. The van der Waals surface area contributed by atoms with E-state index in [9.17, 15) is 4.79 Å². The molecule has 1 atom stereocenters. The van der Waals surface area contributed by atoms with Gasteiger partial charge in [-0.2, -0.15) is 4.98 Å². The van der Waals surface area contributed by atoms with E-state index in [0.29, 0.717) is 5.89 Å². The molecule has 0 radical (unpaired) electrons. The van der Waals surface area contributed by atoms with E-state index in [1.807, 2.05) is 30.3 Å². The molecule has 0 N–H and O–H groups in total. The van der Waals surface area contributed by atoms with Gasteiger partial charge in [-0.3, -0.25) is 9.69 Å². The van der Waals surface area contributed by atoms with Gasteiger partial charge in [0.2, 0.25) is 5.89 Å². The molecule has 0 saturated carbocycles. The second-order valence-electron chi connectivity index (χ2n) is 6.52. The van der Waals surface area contributed by atoms with Crippen molar-refractivity contribution in [1.82, 2.24) is 15.0 Å². The van der Waals surface area contributed by atoms with Crippen LogP contribution in [-0.4, -0.2) is 33.9 Å².